The fourth-order valence-electron chi connectivity index (χ4n) is 4.07. The first-order chi connectivity index (χ1) is 20.1. The van der Waals surface area contributed by atoms with E-state index >= 15 is 0 Å². The summed E-state index contributed by atoms with van der Waals surface area (Å²) in [5.74, 6) is -3.58. The van der Waals surface area contributed by atoms with E-state index in [1.807, 2.05) is 0 Å². The van der Waals surface area contributed by atoms with Crippen molar-refractivity contribution < 1.29 is 39.0 Å². The summed E-state index contributed by atoms with van der Waals surface area (Å²) in [7, 11) is 1.25. The van der Waals surface area contributed by atoms with Crippen molar-refractivity contribution in [3.63, 3.8) is 0 Å². The maximum Gasteiger partial charge on any atom is 0.352 e. The van der Waals surface area contributed by atoms with Gasteiger partial charge in [-0.05, 0) is 12.5 Å². The summed E-state index contributed by atoms with van der Waals surface area (Å²) in [6.07, 6.45) is 1.12. The molecule has 0 saturated carbocycles. The molecule has 220 valence electrons. The van der Waals surface area contributed by atoms with Gasteiger partial charge in [0.1, 0.15) is 35.5 Å². The molecule has 2 aliphatic rings. The van der Waals surface area contributed by atoms with E-state index in [1.165, 1.54) is 24.3 Å². The Hall–Kier alpha value is -4.43. The number of aromatic hydroxyl groups is 1. The molecule has 2 atom stereocenters. The Balaban J connectivity index is 1.31. The maximum atomic E-state index is 13.1. The molecule has 0 aliphatic carbocycles. The summed E-state index contributed by atoms with van der Waals surface area (Å²) in [6, 6.07) is -1.01. The second-order valence-electron chi connectivity index (χ2n) is 8.42. The van der Waals surface area contributed by atoms with Crippen molar-refractivity contribution in [3.05, 3.63) is 34.1 Å². The lowest BCUT2D eigenvalue weighted by Crippen LogP contribution is -2.71. The number of anilines is 1. The van der Waals surface area contributed by atoms with E-state index < -0.39 is 41.0 Å². The number of aromatic nitrogens is 5. The van der Waals surface area contributed by atoms with Gasteiger partial charge in [-0.15, -0.1) is 28.2 Å². The minimum atomic E-state index is -1.31. The highest BCUT2D eigenvalue weighted by Crippen LogP contribution is 2.41. The summed E-state index contributed by atoms with van der Waals surface area (Å²) < 4.78 is 5.86. The first-order valence-electron chi connectivity index (χ1n) is 11.9. The zero-order valence-electron chi connectivity index (χ0n) is 21.7. The summed E-state index contributed by atoms with van der Waals surface area (Å²) in [4.78, 5) is 68.3. The van der Waals surface area contributed by atoms with Gasteiger partial charge in [0, 0.05) is 16.9 Å². The van der Waals surface area contributed by atoms with Gasteiger partial charge in [0.05, 0.1) is 12.8 Å². The summed E-state index contributed by atoms with van der Waals surface area (Å²) >= 11 is 3.43. The Morgan fingerprint density at radius 3 is 2.79 bits per heavy atom. The van der Waals surface area contributed by atoms with Crippen molar-refractivity contribution >= 4 is 75.2 Å². The van der Waals surface area contributed by atoms with Crippen LogP contribution in [0.15, 0.2) is 33.2 Å². The molecule has 0 aromatic carbocycles. The van der Waals surface area contributed by atoms with Crippen molar-refractivity contribution in [1.82, 2.24) is 34.8 Å². The Labute approximate surface area is 248 Å². The maximum absolute atomic E-state index is 13.1. The van der Waals surface area contributed by atoms with Gasteiger partial charge in [-0.2, -0.15) is 9.50 Å². The normalized spacial score (nSPS) is 18.5. The summed E-state index contributed by atoms with van der Waals surface area (Å²) in [5, 5.41) is 32.0. The molecular formula is C22H21N9O8S3. The van der Waals surface area contributed by atoms with Gasteiger partial charge in [-0.3, -0.25) is 14.5 Å². The number of nitrogen functional groups attached to an aromatic ring is 1. The van der Waals surface area contributed by atoms with E-state index in [1.54, 1.807) is 6.92 Å². The molecule has 20 heteroatoms. The number of oxime groups is 1. The smallest absolute Gasteiger partial charge is 0.352 e. The third kappa shape index (κ3) is 5.30. The molecule has 2 aliphatic heterocycles. The summed E-state index contributed by atoms with van der Waals surface area (Å²) in [6.45, 7) is 1.72. The van der Waals surface area contributed by atoms with Crippen molar-refractivity contribution in [2.45, 2.75) is 23.5 Å². The number of hydrogen-bond donors (Lipinski definition) is 4. The third-order valence-electron chi connectivity index (χ3n) is 5.89. The molecule has 2 amide bonds. The van der Waals surface area contributed by atoms with Crippen LogP contribution in [0.25, 0.3) is 5.78 Å². The molecule has 0 radical (unpaired) electrons. The molecule has 1 fully saturated rings. The topological polar surface area (TPSA) is 237 Å². The lowest BCUT2D eigenvalue weighted by atomic mass is 10.0. The van der Waals surface area contributed by atoms with Crippen molar-refractivity contribution in [2.24, 2.45) is 5.16 Å². The van der Waals surface area contributed by atoms with E-state index in [4.69, 9.17) is 15.3 Å². The number of hydrogen-bond acceptors (Lipinski definition) is 16. The van der Waals surface area contributed by atoms with E-state index in [2.05, 4.69) is 30.5 Å². The highest BCUT2D eigenvalue weighted by Gasteiger charge is 2.54. The molecule has 5 N–H and O–H groups in total. The van der Waals surface area contributed by atoms with Gasteiger partial charge in [0.15, 0.2) is 10.8 Å². The number of carboxylic acids is 1. The molecule has 3 aromatic heterocycles. The number of thiazole rings is 1. The Morgan fingerprint density at radius 2 is 2.12 bits per heavy atom. The molecule has 0 unspecified atom stereocenters. The number of carbonyl (C=O) groups excluding carboxylic acids is 3. The number of ether oxygens (including phenoxy) is 1. The molecule has 5 rings (SSSR count). The molecule has 5 heterocycles. The first-order valence-corrected chi connectivity index (χ1v) is 14.8. The van der Waals surface area contributed by atoms with Gasteiger partial charge in [-0.1, -0.05) is 16.9 Å². The highest BCUT2D eigenvalue weighted by molar-refractivity contribution is 8.01. The van der Waals surface area contributed by atoms with Crippen molar-refractivity contribution in [2.75, 3.05) is 31.0 Å². The second-order valence-corrected chi connectivity index (χ2v) is 11.4. The average Bonchev–Trinajstić information content (AvgIpc) is 3.59. The number of carboxylic acid groups (broad SMARTS) is 1. The van der Waals surface area contributed by atoms with E-state index in [9.17, 15) is 29.4 Å². The van der Waals surface area contributed by atoms with E-state index in [0.29, 0.717) is 5.57 Å². The fraction of sp³-hybridized carbons (Fsp3) is 0.318. The standard InChI is InChI=1S/C22H21N9O8S3/c1-3-39-19(37)9-4-24-21-27-22(28-31(21)15(9)33)42-6-8-5-40-17-12(16(34)30(17)13(8)18(35)36)26-14(32)11(29-38-2)10-7-41-20(23)25-10/h4,7,12,17,33H,3,5-6H2,1-2H3,(H2,23,25)(H,26,32)(H,35,36)/t12-,17-/m1/s1. The number of β-lactam (4-membered cyclic amide) rings is 1. The SMILES string of the molecule is CCOC(=O)c1cnc2nc(SCC3=C(C(=O)O)N4C(=O)[C@@H](NC(=O)C(=NOC)c5csc(N)n5)[C@H]4SC3)nn2c1O. The number of nitrogens with two attached hydrogens (primary N) is 1. The second kappa shape index (κ2) is 11.8. The molecule has 42 heavy (non-hydrogen) atoms. The zero-order valence-corrected chi connectivity index (χ0v) is 24.2. The van der Waals surface area contributed by atoms with Crippen LogP contribution in [0.5, 0.6) is 5.88 Å². The van der Waals surface area contributed by atoms with E-state index in [0.717, 1.165) is 38.7 Å². The number of nitrogens with zero attached hydrogens (tertiary/aromatic N) is 7. The Kier molecular flexibility index (Phi) is 8.18. The number of amides is 2. The molecule has 0 bridgehead atoms. The van der Waals surface area contributed by atoms with Crippen LogP contribution in [0.2, 0.25) is 0 Å². The van der Waals surface area contributed by atoms with Gasteiger partial charge >= 0.3 is 11.9 Å². The number of aliphatic carboxylic acids is 1. The van der Waals surface area contributed by atoms with Crippen LogP contribution >= 0.6 is 34.9 Å². The lowest BCUT2D eigenvalue weighted by Gasteiger charge is -2.49. The minimum absolute atomic E-state index is 0.0155. The molecule has 0 spiro atoms. The summed E-state index contributed by atoms with van der Waals surface area (Å²) in [5.41, 5.74) is 5.67. The van der Waals surface area contributed by atoms with Crippen LogP contribution in [0.4, 0.5) is 5.13 Å². The minimum Gasteiger partial charge on any atom is -0.493 e. The molecule has 17 nitrogen and oxygen atoms in total. The quantitative estimate of drug-likeness (QED) is 0.0750. The molecule has 3 aromatic rings. The van der Waals surface area contributed by atoms with Crippen LogP contribution in [-0.4, -0.2) is 106 Å². The van der Waals surface area contributed by atoms with Crippen molar-refractivity contribution in [3.8, 4) is 5.88 Å². The number of esters is 1. The zero-order chi connectivity index (χ0) is 30.1. The van der Waals surface area contributed by atoms with Crippen LogP contribution in [0.3, 0.4) is 0 Å². The molecular weight excluding hydrogens is 614 g/mol. The van der Waals surface area contributed by atoms with Crippen molar-refractivity contribution in [1.29, 1.82) is 0 Å². The van der Waals surface area contributed by atoms with Gasteiger partial charge < -0.3 is 30.8 Å². The van der Waals surface area contributed by atoms with Gasteiger partial charge in [-0.25, -0.2) is 19.6 Å². The monoisotopic (exact) mass is 635 g/mol. The van der Waals surface area contributed by atoms with Crippen LogP contribution in [-0.2, 0) is 24.0 Å². The van der Waals surface area contributed by atoms with Gasteiger partial charge in [0.2, 0.25) is 11.0 Å². The number of fused-ring (bicyclic) bond motifs is 2. The number of rotatable bonds is 10. The largest absolute Gasteiger partial charge is 0.493 e. The first kappa shape index (κ1) is 29.1. The lowest BCUT2D eigenvalue weighted by molar-refractivity contribution is -0.150. The predicted octanol–water partition coefficient (Wildman–Crippen LogP) is -0.0733. The van der Waals surface area contributed by atoms with Crippen LogP contribution in [0.1, 0.15) is 23.0 Å². The van der Waals surface area contributed by atoms with Crippen LogP contribution < -0.4 is 11.1 Å². The van der Waals surface area contributed by atoms with Crippen LogP contribution in [0, 0.1) is 0 Å². The fourth-order valence-corrected chi connectivity index (χ4v) is 6.92. The molecule has 1 saturated heterocycles. The third-order valence-corrected chi connectivity index (χ3v) is 8.83. The number of carbonyl (C=O) groups is 4. The van der Waals surface area contributed by atoms with Gasteiger partial charge in [0.25, 0.3) is 17.6 Å². The predicted molar refractivity (Wildman–Crippen MR) is 149 cm³/mol. The number of thioether (sulfide) groups is 2. The Morgan fingerprint density at radius 1 is 1.33 bits per heavy atom. The highest BCUT2D eigenvalue weighted by atomic mass is 32.2. The van der Waals surface area contributed by atoms with E-state index in [-0.39, 0.29) is 56.8 Å². The Bertz CT molecular complexity index is 1670. The average molecular weight is 636 g/mol. The number of nitrogens with one attached hydrogen (secondary N) is 1.